The van der Waals surface area contributed by atoms with Crippen LogP contribution in [-0.2, 0) is 4.79 Å². The van der Waals surface area contributed by atoms with Crippen molar-refractivity contribution in [2.45, 2.75) is 18.9 Å². The molecule has 0 spiro atoms. The molecule has 2 aromatic carbocycles. The lowest BCUT2D eigenvalue weighted by molar-refractivity contribution is -0.111. The first-order valence-electron chi connectivity index (χ1n) is 13.9. The van der Waals surface area contributed by atoms with Crippen LogP contribution in [0.25, 0.3) is 16.7 Å². The molecule has 1 aliphatic rings. The Balaban J connectivity index is 1.40. The van der Waals surface area contributed by atoms with Crippen LogP contribution in [0.4, 0.5) is 26.1 Å². The SMILES string of the molecule is C=CC(=O)Nc1cccc(-n2c(=O)c(Oc3ccc(F)cc3F)cc3cnc(Nc4cnn(C5CCN(C)CC5)c4)nc32)c1. The second-order valence-corrected chi connectivity index (χ2v) is 10.4. The molecule has 0 unspecified atom stereocenters. The fraction of sp³-hybridized carbons (Fsp3) is 0.194. The molecule has 44 heavy (non-hydrogen) atoms. The van der Waals surface area contributed by atoms with Crippen molar-refractivity contribution in [1.82, 2.24) is 29.2 Å². The number of rotatable bonds is 8. The van der Waals surface area contributed by atoms with E-state index in [2.05, 4.69) is 44.2 Å². The molecule has 0 bridgehead atoms. The summed E-state index contributed by atoms with van der Waals surface area (Å²) in [5.74, 6) is -2.55. The average molecular weight is 599 g/mol. The lowest BCUT2D eigenvalue weighted by atomic mass is 10.1. The largest absolute Gasteiger partial charge is 0.448 e. The summed E-state index contributed by atoms with van der Waals surface area (Å²) in [5, 5.41) is 10.7. The lowest BCUT2D eigenvalue weighted by Gasteiger charge is -2.28. The Morgan fingerprint density at radius 3 is 2.66 bits per heavy atom. The summed E-state index contributed by atoms with van der Waals surface area (Å²) in [6.07, 6.45) is 8.21. The van der Waals surface area contributed by atoms with E-state index in [1.54, 1.807) is 30.5 Å². The first kappa shape index (κ1) is 28.7. The third-order valence-electron chi connectivity index (χ3n) is 7.30. The number of halogens is 2. The van der Waals surface area contributed by atoms with Gasteiger partial charge in [-0.2, -0.15) is 10.1 Å². The van der Waals surface area contributed by atoms with Gasteiger partial charge in [-0.1, -0.05) is 12.6 Å². The van der Waals surface area contributed by atoms with Crippen molar-refractivity contribution in [3.63, 3.8) is 0 Å². The predicted octanol–water partition coefficient (Wildman–Crippen LogP) is 5.18. The Bertz CT molecular complexity index is 1930. The number of ether oxygens (including phenoxy) is 1. The maximum Gasteiger partial charge on any atom is 0.299 e. The van der Waals surface area contributed by atoms with Gasteiger partial charge in [0.15, 0.2) is 23.0 Å². The van der Waals surface area contributed by atoms with Gasteiger partial charge in [-0.15, -0.1) is 0 Å². The summed E-state index contributed by atoms with van der Waals surface area (Å²) in [6.45, 7) is 5.45. The van der Waals surface area contributed by atoms with E-state index in [0.717, 1.165) is 44.1 Å². The van der Waals surface area contributed by atoms with Crippen LogP contribution in [0.2, 0.25) is 0 Å². The van der Waals surface area contributed by atoms with Crippen molar-refractivity contribution >= 4 is 34.3 Å². The van der Waals surface area contributed by atoms with Crippen molar-refractivity contribution in [2.75, 3.05) is 30.8 Å². The highest BCUT2D eigenvalue weighted by Crippen LogP contribution is 2.28. The molecule has 4 heterocycles. The lowest BCUT2D eigenvalue weighted by Crippen LogP contribution is -2.31. The third kappa shape index (κ3) is 6.03. The zero-order valence-corrected chi connectivity index (χ0v) is 23.7. The quantitative estimate of drug-likeness (QED) is 0.235. The maximum absolute atomic E-state index is 14.4. The average Bonchev–Trinajstić information content (AvgIpc) is 3.48. The number of likely N-dealkylation sites (tertiary alicyclic amines) is 1. The molecule has 1 saturated heterocycles. The number of piperidine rings is 1. The van der Waals surface area contributed by atoms with Crippen molar-refractivity contribution < 1.29 is 18.3 Å². The molecule has 1 amide bonds. The number of aromatic nitrogens is 5. The standard InChI is InChI=1S/C31H28F2N8O3/c1-3-28(42)36-21-5-4-6-24(15-21)41-29-19(13-27(30(41)43)44-26-8-7-20(32)14-25(26)33)16-34-31(38-29)37-22-17-35-40(18-22)23-9-11-39(2)12-10-23/h3-8,13-18,23H,1,9-12H2,2H3,(H,36,42)(H,34,37,38). The Morgan fingerprint density at radius 2 is 1.89 bits per heavy atom. The Kier molecular flexibility index (Phi) is 7.85. The second kappa shape index (κ2) is 12.1. The van der Waals surface area contributed by atoms with Crippen LogP contribution in [0, 0.1) is 11.6 Å². The molecule has 2 N–H and O–H groups in total. The zero-order chi connectivity index (χ0) is 30.8. The minimum Gasteiger partial charge on any atom is -0.448 e. The molecule has 0 radical (unpaired) electrons. The number of carbonyl (C=O) groups is 1. The molecule has 5 aromatic rings. The van der Waals surface area contributed by atoms with Gasteiger partial charge in [-0.25, -0.2) is 13.8 Å². The second-order valence-electron chi connectivity index (χ2n) is 10.4. The molecule has 0 aliphatic carbocycles. The summed E-state index contributed by atoms with van der Waals surface area (Å²) in [7, 11) is 2.10. The van der Waals surface area contributed by atoms with E-state index < -0.39 is 23.1 Å². The highest BCUT2D eigenvalue weighted by molar-refractivity contribution is 5.99. The van der Waals surface area contributed by atoms with E-state index in [-0.39, 0.29) is 23.1 Å². The molecular formula is C31H28F2N8O3. The van der Waals surface area contributed by atoms with Crippen LogP contribution in [0.5, 0.6) is 11.5 Å². The topological polar surface area (TPSA) is 119 Å². The number of hydrogen-bond donors (Lipinski definition) is 2. The number of pyridine rings is 1. The maximum atomic E-state index is 14.4. The smallest absolute Gasteiger partial charge is 0.299 e. The number of hydrogen-bond acceptors (Lipinski definition) is 8. The van der Waals surface area contributed by atoms with Gasteiger partial charge in [0.25, 0.3) is 5.56 Å². The van der Waals surface area contributed by atoms with Crippen LogP contribution in [0.3, 0.4) is 0 Å². The van der Waals surface area contributed by atoms with Crippen molar-refractivity contribution in [3.05, 3.63) is 102 Å². The third-order valence-corrected chi connectivity index (χ3v) is 7.30. The van der Waals surface area contributed by atoms with E-state index in [9.17, 15) is 18.4 Å². The normalized spacial score (nSPS) is 14.0. The highest BCUT2D eigenvalue weighted by Gasteiger charge is 2.20. The van der Waals surface area contributed by atoms with Crippen molar-refractivity contribution in [3.8, 4) is 17.2 Å². The van der Waals surface area contributed by atoms with Crippen molar-refractivity contribution in [1.29, 1.82) is 0 Å². The van der Waals surface area contributed by atoms with Gasteiger partial charge in [0.1, 0.15) is 5.82 Å². The summed E-state index contributed by atoms with van der Waals surface area (Å²) in [6, 6.07) is 11.0. The monoisotopic (exact) mass is 598 g/mol. The van der Waals surface area contributed by atoms with Gasteiger partial charge in [-0.3, -0.25) is 18.8 Å². The van der Waals surface area contributed by atoms with Gasteiger partial charge in [-0.05, 0) is 75.5 Å². The van der Waals surface area contributed by atoms with Gasteiger partial charge in [0.05, 0.1) is 23.6 Å². The van der Waals surface area contributed by atoms with E-state index in [0.29, 0.717) is 34.6 Å². The predicted molar refractivity (Wildman–Crippen MR) is 162 cm³/mol. The van der Waals surface area contributed by atoms with Gasteiger partial charge >= 0.3 is 0 Å². The van der Waals surface area contributed by atoms with Crippen LogP contribution >= 0.6 is 0 Å². The fourth-order valence-corrected chi connectivity index (χ4v) is 5.03. The number of nitrogens with zero attached hydrogens (tertiary/aromatic N) is 6. The Hall–Kier alpha value is -5.43. The zero-order valence-electron chi connectivity index (χ0n) is 23.7. The number of amides is 1. The molecule has 1 fully saturated rings. The summed E-state index contributed by atoms with van der Waals surface area (Å²) >= 11 is 0. The molecule has 11 nitrogen and oxygen atoms in total. The van der Waals surface area contributed by atoms with E-state index in [4.69, 9.17) is 4.74 Å². The van der Waals surface area contributed by atoms with Gasteiger partial charge in [0, 0.05) is 29.5 Å². The Morgan fingerprint density at radius 1 is 1.07 bits per heavy atom. The van der Waals surface area contributed by atoms with Crippen LogP contribution < -0.4 is 20.9 Å². The van der Waals surface area contributed by atoms with Gasteiger partial charge in [0.2, 0.25) is 11.9 Å². The number of carbonyl (C=O) groups excluding carboxylic acids is 1. The number of anilines is 3. The first-order valence-corrected chi connectivity index (χ1v) is 13.9. The summed E-state index contributed by atoms with van der Waals surface area (Å²) in [5.41, 5.74) is 0.962. The summed E-state index contributed by atoms with van der Waals surface area (Å²) < 4.78 is 36.8. The first-order chi connectivity index (χ1) is 21.3. The minimum absolute atomic E-state index is 0.211. The molecule has 13 heteroatoms. The Labute approximate surface area is 250 Å². The van der Waals surface area contributed by atoms with E-state index in [1.807, 2.05) is 10.9 Å². The molecule has 0 saturated carbocycles. The minimum atomic E-state index is -0.971. The number of fused-ring (bicyclic) bond motifs is 1. The summed E-state index contributed by atoms with van der Waals surface area (Å²) in [4.78, 5) is 37.1. The molecular weight excluding hydrogens is 570 g/mol. The number of benzene rings is 2. The van der Waals surface area contributed by atoms with E-state index >= 15 is 0 Å². The van der Waals surface area contributed by atoms with Crippen LogP contribution in [0.1, 0.15) is 18.9 Å². The molecule has 224 valence electrons. The van der Waals surface area contributed by atoms with Gasteiger partial charge < -0.3 is 20.3 Å². The van der Waals surface area contributed by atoms with E-state index in [1.165, 1.54) is 16.8 Å². The highest BCUT2D eigenvalue weighted by atomic mass is 19.1. The molecule has 6 rings (SSSR count). The fourth-order valence-electron chi connectivity index (χ4n) is 5.03. The molecule has 1 aliphatic heterocycles. The molecule has 0 atom stereocenters. The molecule has 3 aromatic heterocycles. The number of nitrogens with one attached hydrogen (secondary N) is 2. The van der Waals surface area contributed by atoms with Crippen LogP contribution in [0.15, 0.2) is 84.6 Å². The van der Waals surface area contributed by atoms with Crippen LogP contribution in [-0.4, -0.2) is 55.3 Å². The van der Waals surface area contributed by atoms with Crippen molar-refractivity contribution in [2.24, 2.45) is 0 Å².